The fourth-order valence-electron chi connectivity index (χ4n) is 9.57. The molecule has 0 heterocycles. The van der Waals surface area contributed by atoms with Crippen LogP contribution in [0.5, 0.6) is 0 Å². The van der Waals surface area contributed by atoms with Gasteiger partial charge < -0.3 is 14.2 Å². The maximum atomic E-state index is 12.8. The number of carbonyl (C=O) groups excluding carboxylic acids is 3. The minimum Gasteiger partial charge on any atom is -0.462 e. The van der Waals surface area contributed by atoms with Crippen LogP contribution in [0, 0.1) is 0 Å². The molecule has 0 aliphatic rings. The second kappa shape index (κ2) is 61.2. The van der Waals surface area contributed by atoms with Gasteiger partial charge in [-0.2, -0.15) is 0 Å². The molecular formula is C66H122O6. The van der Waals surface area contributed by atoms with Crippen LogP contribution >= 0.6 is 0 Å². The molecule has 6 heteroatoms. The molecule has 0 aliphatic carbocycles. The van der Waals surface area contributed by atoms with E-state index in [9.17, 15) is 14.4 Å². The molecule has 72 heavy (non-hydrogen) atoms. The Morgan fingerprint density at radius 1 is 0.278 bits per heavy atom. The van der Waals surface area contributed by atoms with Gasteiger partial charge in [0.15, 0.2) is 6.10 Å². The van der Waals surface area contributed by atoms with Crippen LogP contribution in [0.4, 0.5) is 0 Å². The zero-order valence-corrected chi connectivity index (χ0v) is 48.5. The van der Waals surface area contributed by atoms with Gasteiger partial charge in [-0.25, -0.2) is 0 Å². The van der Waals surface area contributed by atoms with Crippen LogP contribution in [-0.4, -0.2) is 37.2 Å². The van der Waals surface area contributed by atoms with E-state index in [4.69, 9.17) is 14.2 Å². The highest BCUT2D eigenvalue weighted by atomic mass is 16.6. The van der Waals surface area contributed by atoms with E-state index >= 15 is 0 Å². The van der Waals surface area contributed by atoms with Gasteiger partial charge >= 0.3 is 17.9 Å². The molecule has 0 spiro atoms. The molecular weight excluding hydrogens is 889 g/mol. The number of ether oxygens (including phenoxy) is 3. The zero-order valence-electron chi connectivity index (χ0n) is 48.5. The van der Waals surface area contributed by atoms with Crippen LogP contribution in [0.15, 0.2) is 36.5 Å². The summed E-state index contributed by atoms with van der Waals surface area (Å²) in [4.78, 5) is 38.0. The predicted molar refractivity (Wildman–Crippen MR) is 312 cm³/mol. The summed E-state index contributed by atoms with van der Waals surface area (Å²) in [6, 6.07) is 0. The van der Waals surface area contributed by atoms with Crippen molar-refractivity contribution in [3.05, 3.63) is 36.5 Å². The first-order valence-electron chi connectivity index (χ1n) is 32.0. The molecule has 0 rings (SSSR count). The Balaban J connectivity index is 3.98. The average Bonchev–Trinajstić information content (AvgIpc) is 3.38. The first kappa shape index (κ1) is 69.6. The van der Waals surface area contributed by atoms with Crippen molar-refractivity contribution in [2.24, 2.45) is 0 Å². The molecule has 0 amide bonds. The first-order valence-corrected chi connectivity index (χ1v) is 32.0. The Labute approximate surface area is 448 Å². The SMILES string of the molecule is CCCCCCC/C=C\C/C=C\C/C=C\CCCCCCCCCCCCCCCCCCCCC(=O)OCC(COC(=O)CCCCCCCCCCC)OC(=O)CCCCCCCCCCCCCC. The average molecular weight is 1010 g/mol. The third-order valence-electron chi connectivity index (χ3n) is 14.4. The van der Waals surface area contributed by atoms with Crippen LogP contribution < -0.4 is 0 Å². The molecule has 0 radical (unpaired) electrons. The Hall–Kier alpha value is -2.37. The van der Waals surface area contributed by atoms with Crippen LogP contribution in [0.2, 0.25) is 0 Å². The smallest absolute Gasteiger partial charge is 0.306 e. The largest absolute Gasteiger partial charge is 0.462 e. The first-order chi connectivity index (χ1) is 35.5. The minimum absolute atomic E-state index is 0.0656. The number of unbranched alkanes of at least 4 members (excludes halogenated alkanes) is 42. The van der Waals surface area contributed by atoms with Crippen molar-refractivity contribution in [3.8, 4) is 0 Å². The Morgan fingerprint density at radius 3 is 0.778 bits per heavy atom. The van der Waals surface area contributed by atoms with Gasteiger partial charge in [0.1, 0.15) is 13.2 Å². The van der Waals surface area contributed by atoms with Crippen molar-refractivity contribution in [1.29, 1.82) is 0 Å². The summed E-state index contributed by atoms with van der Waals surface area (Å²) in [5.74, 6) is -0.848. The molecule has 0 fully saturated rings. The van der Waals surface area contributed by atoms with E-state index in [0.717, 1.165) is 70.6 Å². The fourth-order valence-corrected chi connectivity index (χ4v) is 9.57. The lowest BCUT2D eigenvalue weighted by molar-refractivity contribution is -0.167. The fraction of sp³-hybridized carbons (Fsp3) is 0.864. The van der Waals surface area contributed by atoms with Crippen LogP contribution in [0.3, 0.4) is 0 Å². The van der Waals surface area contributed by atoms with Crippen molar-refractivity contribution in [2.75, 3.05) is 13.2 Å². The van der Waals surface area contributed by atoms with Gasteiger partial charge in [-0.3, -0.25) is 14.4 Å². The number of allylic oxidation sites excluding steroid dienone is 6. The zero-order chi connectivity index (χ0) is 52.2. The van der Waals surface area contributed by atoms with Gasteiger partial charge in [-0.05, 0) is 57.8 Å². The number of carbonyl (C=O) groups is 3. The summed E-state index contributed by atoms with van der Waals surface area (Å²) >= 11 is 0. The summed E-state index contributed by atoms with van der Waals surface area (Å²) in [5, 5.41) is 0. The lowest BCUT2D eigenvalue weighted by Crippen LogP contribution is -2.30. The maximum Gasteiger partial charge on any atom is 0.306 e. The molecule has 0 saturated carbocycles. The molecule has 6 nitrogen and oxygen atoms in total. The van der Waals surface area contributed by atoms with Crippen molar-refractivity contribution >= 4 is 17.9 Å². The third kappa shape index (κ3) is 58.5. The topological polar surface area (TPSA) is 78.9 Å². The van der Waals surface area contributed by atoms with E-state index in [0.29, 0.717) is 19.3 Å². The highest BCUT2D eigenvalue weighted by Gasteiger charge is 2.19. The van der Waals surface area contributed by atoms with E-state index in [1.54, 1.807) is 0 Å². The summed E-state index contributed by atoms with van der Waals surface area (Å²) in [7, 11) is 0. The summed E-state index contributed by atoms with van der Waals surface area (Å²) < 4.78 is 16.8. The molecule has 1 atom stereocenters. The highest BCUT2D eigenvalue weighted by molar-refractivity contribution is 5.71. The molecule has 1 unspecified atom stereocenters. The number of hydrogen-bond acceptors (Lipinski definition) is 6. The number of hydrogen-bond donors (Lipinski definition) is 0. The van der Waals surface area contributed by atoms with E-state index in [-0.39, 0.29) is 31.1 Å². The number of rotatable bonds is 59. The lowest BCUT2D eigenvalue weighted by Gasteiger charge is -2.18. The van der Waals surface area contributed by atoms with Crippen LogP contribution in [-0.2, 0) is 28.6 Å². The van der Waals surface area contributed by atoms with Crippen LogP contribution in [0.25, 0.3) is 0 Å². The van der Waals surface area contributed by atoms with Gasteiger partial charge in [0.25, 0.3) is 0 Å². The van der Waals surface area contributed by atoms with E-state index < -0.39 is 6.10 Å². The summed E-state index contributed by atoms with van der Waals surface area (Å²) in [6.07, 6.45) is 74.7. The van der Waals surface area contributed by atoms with Gasteiger partial charge in [-0.15, -0.1) is 0 Å². The van der Waals surface area contributed by atoms with Gasteiger partial charge in [0, 0.05) is 19.3 Å². The molecule has 0 aromatic carbocycles. The van der Waals surface area contributed by atoms with Gasteiger partial charge in [0.2, 0.25) is 0 Å². The Morgan fingerprint density at radius 2 is 0.500 bits per heavy atom. The second-order valence-electron chi connectivity index (χ2n) is 21.7. The molecule has 0 aliphatic heterocycles. The van der Waals surface area contributed by atoms with E-state index in [1.807, 2.05) is 0 Å². The second-order valence-corrected chi connectivity index (χ2v) is 21.7. The van der Waals surface area contributed by atoms with E-state index in [2.05, 4.69) is 57.2 Å². The van der Waals surface area contributed by atoms with Gasteiger partial charge in [0.05, 0.1) is 0 Å². The number of esters is 3. The molecule has 0 N–H and O–H groups in total. The van der Waals surface area contributed by atoms with Crippen molar-refractivity contribution in [1.82, 2.24) is 0 Å². The standard InChI is InChI=1S/C66H122O6/c1-4-7-10-13-16-19-21-23-24-25-26-27-28-29-30-31-32-33-34-35-36-37-38-39-40-41-42-43-45-47-50-53-56-59-65(68)71-62-63(61-70-64(67)58-55-52-49-46-18-15-12-9-6-3)72-66(69)60-57-54-51-48-44-22-20-17-14-11-8-5-2/h21,23,25-26,28-29,63H,4-20,22,24,27,30-62H2,1-3H3/b23-21-,26-25-,29-28-. The van der Waals surface area contributed by atoms with Gasteiger partial charge in [-0.1, -0.05) is 308 Å². The minimum atomic E-state index is -0.764. The molecule has 0 aromatic heterocycles. The molecule has 0 bridgehead atoms. The third-order valence-corrected chi connectivity index (χ3v) is 14.4. The van der Waals surface area contributed by atoms with E-state index in [1.165, 1.54) is 238 Å². The lowest BCUT2D eigenvalue weighted by atomic mass is 10.0. The Bertz CT molecular complexity index is 1210. The van der Waals surface area contributed by atoms with Crippen molar-refractivity contribution < 1.29 is 28.6 Å². The van der Waals surface area contributed by atoms with Crippen molar-refractivity contribution in [3.63, 3.8) is 0 Å². The van der Waals surface area contributed by atoms with Crippen molar-refractivity contribution in [2.45, 2.75) is 354 Å². The predicted octanol–water partition coefficient (Wildman–Crippen LogP) is 21.6. The normalized spacial score (nSPS) is 12.2. The molecule has 422 valence electrons. The Kier molecular flexibility index (Phi) is 59.2. The summed E-state index contributed by atoms with van der Waals surface area (Å²) in [5.41, 5.74) is 0. The summed E-state index contributed by atoms with van der Waals surface area (Å²) in [6.45, 7) is 6.65. The van der Waals surface area contributed by atoms with Crippen LogP contribution in [0.1, 0.15) is 348 Å². The molecule has 0 aromatic rings. The quantitative estimate of drug-likeness (QED) is 0.0261. The molecule has 0 saturated heterocycles. The maximum absolute atomic E-state index is 12.8. The highest BCUT2D eigenvalue weighted by Crippen LogP contribution is 2.17. The monoisotopic (exact) mass is 1010 g/mol.